The Hall–Kier alpha value is -1.54. The minimum Gasteiger partial charge on any atom is -0.496 e. The summed E-state index contributed by atoms with van der Waals surface area (Å²) in [7, 11) is 3.45. The predicted octanol–water partition coefficient (Wildman–Crippen LogP) is 3.58. The van der Waals surface area contributed by atoms with Crippen LogP contribution in [0.3, 0.4) is 0 Å². The van der Waals surface area contributed by atoms with E-state index >= 15 is 0 Å². The number of halogens is 2. The molecule has 1 aromatic heterocycles. The molecule has 2 rings (SSSR count). The van der Waals surface area contributed by atoms with Crippen molar-refractivity contribution in [3.05, 3.63) is 58.4 Å². The number of pyridine rings is 1. The fourth-order valence-electron chi connectivity index (χ4n) is 2.34. The van der Waals surface area contributed by atoms with Crippen molar-refractivity contribution in [1.29, 1.82) is 0 Å². The standard InChI is InChI=1S/C18H23ClN4O.HI/c1-13-4-6-16(24-3)15(10-13)8-9-21-18(20-2)23-12-14-5-7-17(19)22-11-14;/h4-7,10-11H,8-9,12H2,1-3H3,(H2,20,21,23);1H. The van der Waals surface area contributed by atoms with E-state index in [1.54, 1.807) is 26.4 Å². The number of rotatable bonds is 6. The number of methoxy groups -OCH3 is 1. The Morgan fingerprint density at radius 2 is 2.04 bits per heavy atom. The van der Waals surface area contributed by atoms with Gasteiger partial charge in [0.2, 0.25) is 0 Å². The molecule has 0 fully saturated rings. The molecule has 136 valence electrons. The molecule has 7 heteroatoms. The SMILES string of the molecule is CN=C(NCCc1cc(C)ccc1OC)NCc1ccc(Cl)nc1.I. The zero-order chi connectivity index (χ0) is 17.4. The van der Waals surface area contributed by atoms with Gasteiger partial charge in [0.25, 0.3) is 0 Å². The molecular formula is C18H24ClIN4O. The highest BCUT2D eigenvalue weighted by molar-refractivity contribution is 14.0. The highest BCUT2D eigenvalue weighted by atomic mass is 127. The molecule has 0 unspecified atom stereocenters. The molecule has 1 aromatic carbocycles. The van der Waals surface area contributed by atoms with Gasteiger partial charge < -0.3 is 15.4 Å². The second-order valence-corrected chi connectivity index (χ2v) is 5.79. The number of hydrogen-bond donors (Lipinski definition) is 2. The van der Waals surface area contributed by atoms with Gasteiger partial charge in [-0.1, -0.05) is 35.4 Å². The molecule has 2 N–H and O–H groups in total. The molecule has 0 aliphatic rings. The predicted molar refractivity (Wildman–Crippen MR) is 114 cm³/mol. The van der Waals surface area contributed by atoms with Gasteiger partial charge in [0, 0.05) is 26.3 Å². The van der Waals surface area contributed by atoms with Crippen molar-refractivity contribution in [2.24, 2.45) is 4.99 Å². The topological polar surface area (TPSA) is 58.5 Å². The van der Waals surface area contributed by atoms with E-state index in [2.05, 4.69) is 39.7 Å². The van der Waals surface area contributed by atoms with Gasteiger partial charge in [0.05, 0.1) is 7.11 Å². The maximum absolute atomic E-state index is 5.79. The normalized spacial score (nSPS) is 10.8. The fraction of sp³-hybridized carbons (Fsp3) is 0.333. The van der Waals surface area contributed by atoms with Gasteiger partial charge in [-0.2, -0.15) is 0 Å². The first-order valence-electron chi connectivity index (χ1n) is 7.81. The van der Waals surface area contributed by atoms with Crippen LogP contribution in [0.4, 0.5) is 0 Å². The minimum absolute atomic E-state index is 0. The van der Waals surface area contributed by atoms with Crippen molar-refractivity contribution < 1.29 is 4.74 Å². The average molecular weight is 475 g/mol. The van der Waals surface area contributed by atoms with E-state index in [-0.39, 0.29) is 24.0 Å². The van der Waals surface area contributed by atoms with Crippen LogP contribution >= 0.6 is 35.6 Å². The molecule has 0 saturated carbocycles. The van der Waals surface area contributed by atoms with Gasteiger partial charge >= 0.3 is 0 Å². The molecule has 5 nitrogen and oxygen atoms in total. The Labute approximate surface area is 171 Å². The monoisotopic (exact) mass is 474 g/mol. The van der Waals surface area contributed by atoms with E-state index in [9.17, 15) is 0 Å². The average Bonchev–Trinajstić information content (AvgIpc) is 2.59. The lowest BCUT2D eigenvalue weighted by molar-refractivity contribution is 0.409. The van der Waals surface area contributed by atoms with Crippen LogP contribution in [0.25, 0.3) is 0 Å². The molecule has 0 bridgehead atoms. The van der Waals surface area contributed by atoms with Crippen molar-refractivity contribution in [2.45, 2.75) is 19.9 Å². The lowest BCUT2D eigenvalue weighted by Gasteiger charge is -2.13. The van der Waals surface area contributed by atoms with Crippen LogP contribution < -0.4 is 15.4 Å². The molecule has 0 amide bonds. The van der Waals surface area contributed by atoms with E-state index in [1.165, 1.54) is 11.1 Å². The number of ether oxygens (including phenoxy) is 1. The van der Waals surface area contributed by atoms with Crippen molar-refractivity contribution in [3.63, 3.8) is 0 Å². The number of aromatic nitrogens is 1. The quantitative estimate of drug-likeness (QED) is 0.291. The lowest BCUT2D eigenvalue weighted by atomic mass is 10.1. The smallest absolute Gasteiger partial charge is 0.191 e. The minimum atomic E-state index is 0. The van der Waals surface area contributed by atoms with Gasteiger partial charge in [-0.05, 0) is 36.6 Å². The molecule has 0 aliphatic heterocycles. The van der Waals surface area contributed by atoms with Crippen molar-refractivity contribution in [3.8, 4) is 5.75 Å². The number of hydrogen-bond acceptors (Lipinski definition) is 3. The zero-order valence-corrected chi connectivity index (χ0v) is 17.8. The summed E-state index contributed by atoms with van der Waals surface area (Å²) in [6.45, 7) is 3.48. The van der Waals surface area contributed by atoms with Crippen molar-refractivity contribution >= 4 is 41.5 Å². The Morgan fingerprint density at radius 1 is 1.24 bits per heavy atom. The first kappa shape index (κ1) is 21.5. The van der Waals surface area contributed by atoms with Crippen molar-refractivity contribution in [2.75, 3.05) is 20.7 Å². The Bertz CT molecular complexity index is 692. The van der Waals surface area contributed by atoms with Crippen LogP contribution in [0.1, 0.15) is 16.7 Å². The second-order valence-electron chi connectivity index (χ2n) is 5.41. The molecule has 0 aliphatic carbocycles. The van der Waals surface area contributed by atoms with Crippen LogP contribution in [0.2, 0.25) is 5.15 Å². The first-order chi connectivity index (χ1) is 11.6. The number of nitrogens with one attached hydrogen (secondary N) is 2. The van der Waals surface area contributed by atoms with Gasteiger partial charge in [0.15, 0.2) is 5.96 Å². The molecular weight excluding hydrogens is 451 g/mol. The van der Waals surface area contributed by atoms with Crippen molar-refractivity contribution in [1.82, 2.24) is 15.6 Å². The summed E-state index contributed by atoms with van der Waals surface area (Å²) in [5.74, 6) is 1.66. The van der Waals surface area contributed by atoms with Gasteiger partial charge in [0.1, 0.15) is 10.9 Å². The van der Waals surface area contributed by atoms with E-state index in [0.29, 0.717) is 11.7 Å². The van der Waals surface area contributed by atoms with Gasteiger partial charge in [-0.25, -0.2) is 4.98 Å². The molecule has 0 atom stereocenters. The second kappa shape index (κ2) is 11.1. The summed E-state index contributed by atoms with van der Waals surface area (Å²) in [6.07, 6.45) is 2.61. The third-order valence-corrected chi connectivity index (χ3v) is 3.82. The molecule has 2 aromatic rings. The first-order valence-corrected chi connectivity index (χ1v) is 8.18. The summed E-state index contributed by atoms with van der Waals surface area (Å²) in [5, 5.41) is 7.06. The van der Waals surface area contributed by atoms with Crippen LogP contribution in [0.5, 0.6) is 5.75 Å². The largest absolute Gasteiger partial charge is 0.496 e. The zero-order valence-electron chi connectivity index (χ0n) is 14.7. The van der Waals surface area contributed by atoms with E-state index < -0.39 is 0 Å². The maximum Gasteiger partial charge on any atom is 0.191 e. The summed E-state index contributed by atoms with van der Waals surface area (Å²) in [5.41, 5.74) is 3.45. The third-order valence-electron chi connectivity index (χ3n) is 3.59. The van der Waals surface area contributed by atoms with Gasteiger partial charge in [-0.3, -0.25) is 4.99 Å². The van der Waals surface area contributed by atoms with Crippen LogP contribution in [0, 0.1) is 6.92 Å². The van der Waals surface area contributed by atoms with E-state index in [1.807, 2.05) is 12.1 Å². The van der Waals surface area contributed by atoms with Crippen LogP contribution in [-0.2, 0) is 13.0 Å². The van der Waals surface area contributed by atoms with Crippen LogP contribution in [0.15, 0.2) is 41.5 Å². The molecule has 1 heterocycles. The third kappa shape index (κ3) is 7.07. The molecule has 0 spiro atoms. The summed E-state index contributed by atoms with van der Waals surface area (Å²) >= 11 is 5.79. The summed E-state index contributed by atoms with van der Waals surface area (Å²) in [6, 6.07) is 9.92. The van der Waals surface area contributed by atoms with Gasteiger partial charge in [-0.15, -0.1) is 24.0 Å². The number of nitrogens with zero attached hydrogens (tertiary/aromatic N) is 2. The van der Waals surface area contributed by atoms with E-state index in [0.717, 1.165) is 30.2 Å². The summed E-state index contributed by atoms with van der Waals surface area (Å²) in [4.78, 5) is 8.29. The summed E-state index contributed by atoms with van der Waals surface area (Å²) < 4.78 is 5.41. The lowest BCUT2D eigenvalue weighted by Crippen LogP contribution is -2.37. The number of aryl methyl sites for hydroxylation is 1. The Morgan fingerprint density at radius 3 is 2.68 bits per heavy atom. The fourth-order valence-corrected chi connectivity index (χ4v) is 2.45. The Balaban J connectivity index is 0.00000312. The molecule has 25 heavy (non-hydrogen) atoms. The highest BCUT2D eigenvalue weighted by Gasteiger charge is 2.04. The van der Waals surface area contributed by atoms with Crippen LogP contribution in [-0.4, -0.2) is 31.6 Å². The number of aliphatic imine (C=N–C) groups is 1. The molecule has 0 radical (unpaired) electrons. The van der Waals surface area contributed by atoms with E-state index in [4.69, 9.17) is 16.3 Å². The molecule has 0 saturated heterocycles. The highest BCUT2D eigenvalue weighted by Crippen LogP contribution is 2.19. The maximum atomic E-state index is 5.79. The Kier molecular flexibility index (Phi) is 9.59. The number of benzene rings is 1. The number of guanidine groups is 1.